The second kappa shape index (κ2) is 8.11. The fourth-order valence-electron chi connectivity index (χ4n) is 2.20. The maximum atomic E-state index is 12.0. The van der Waals surface area contributed by atoms with E-state index in [1.165, 1.54) is 11.3 Å². The molecule has 6 nitrogen and oxygen atoms in total. The molecule has 2 amide bonds. The van der Waals surface area contributed by atoms with Gasteiger partial charge in [-0.05, 0) is 11.4 Å². The lowest BCUT2D eigenvalue weighted by Gasteiger charge is -2.34. The molecule has 116 valence electrons. The van der Waals surface area contributed by atoms with Crippen LogP contribution in [0.15, 0.2) is 17.5 Å². The molecule has 1 saturated heterocycles. The quantitative estimate of drug-likeness (QED) is 0.626. The van der Waals surface area contributed by atoms with Gasteiger partial charge in [0.25, 0.3) is 0 Å². The summed E-state index contributed by atoms with van der Waals surface area (Å²) in [5, 5.41) is 4.72. The van der Waals surface area contributed by atoms with Gasteiger partial charge < -0.3 is 15.0 Å². The minimum Gasteiger partial charge on any atom is -0.383 e. The second-order valence-corrected chi connectivity index (χ2v) is 5.84. The molecular weight excluding hydrogens is 290 g/mol. The zero-order valence-electron chi connectivity index (χ0n) is 12.2. The molecule has 0 unspecified atom stereocenters. The number of carbonyl (C=O) groups excluding carboxylic acids is 2. The van der Waals surface area contributed by atoms with E-state index in [-0.39, 0.29) is 11.8 Å². The summed E-state index contributed by atoms with van der Waals surface area (Å²) in [4.78, 5) is 28.6. The molecule has 0 atom stereocenters. The van der Waals surface area contributed by atoms with Crippen molar-refractivity contribution in [1.29, 1.82) is 0 Å². The molecular formula is C14H21N3O3S. The average molecular weight is 311 g/mol. The van der Waals surface area contributed by atoms with E-state index in [4.69, 9.17) is 4.74 Å². The van der Waals surface area contributed by atoms with Crippen LogP contribution in [0.1, 0.15) is 9.67 Å². The van der Waals surface area contributed by atoms with E-state index in [0.29, 0.717) is 32.8 Å². The summed E-state index contributed by atoms with van der Waals surface area (Å²) in [6.45, 7) is 4.23. The van der Waals surface area contributed by atoms with Crippen molar-refractivity contribution in [3.8, 4) is 0 Å². The standard InChI is InChI=1S/C14H21N3O3S/c1-20-9-4-15-14(19)17-7-5-16(6-8-17)11-12(18)13-3-2-10-21-13/h2-3,10H,4-9,11H2,1H3,(H,15,19). The predicted molar refractivity (Wildman–Crippen MR) is 81.9 cm³/mol. The number of hydrogen-bond donors (Lipinski definition) is 1. The van der Waals surface area contributed by atoms with Gasteiger partial charge in [0.05, 0.1) is 18.0 Å². The van der Waals surface area contributed by atoms with Crippen LogP contribution in [0, 0.1) is 0 Å². The Labute approximate surface area is 128 Å². The van der Waals surface area contributed by atoms with Gasteiger partial charge in [0, 0.05) is 39.8 Å². The number of ether oxygens (including phenoxy) is 1. The summed E-state index contributed by atoms with van der Waals surface area (Å²) in [6.07, 6.45) is 0. The lowest BCUT2D eigenvalue weighted by atomic mass is 10.2. The lowest BCUT2D eigenvalue weighted by Crippen LogP contribution is -2.52. The van der Waals surface area contributed by atoms with Crippen molar-refractivity contribution in [1.82, 2.24) is 15.1 Å². The Morgan fingerprint density at radius 1 is 1.33 bits per heavy atom. The molecule has 2 heterocycles. The zero-order valence-corrected chi connectivity index (χ0v) is 13.0. The first kappa shape index (κ1) is 15.9. The van der Waals surface area contributed by atoms with Gasteiger partial charge in [0.1, 0.15) is 0 Å². The van der Waals surface area contributed by atoms with Gasteiger partial charge in [-0.3, -0.25) is 9.69 Å². The Hall–Kier alpha value is -1.44. The molecule has 0 aromatic carbocycles. The Balaban J connectivity index is 1.70. The first-order valence-corrected chi connectivity index (χ1v) is 7.89. The third-order valence-corrected chi connectivity index (χ3v) is 4.32. The van der Waals surface area contributed by atoms with Crippen molar-refractivity contribution < 1.29 is 14.3 Å². The van der Waals surface area contributed by atoms with Crippen molar-refractivity contribution in [2.75, 3.05) is 53.0 Å². The number of rotatable bonds is 6. The van der Waals surface area contributed by atoms with Gasteiger partial charge in [-0.2, -0.15) is 0 Å². The predicted octanol–water partition coefficient (Wildman–Crippen LogP) is 0.904. The van der Waals surface area contributed by atoms with Crippen molar-refractivity contribution >= 4 is 23.2 Å². The molecule has 2 rings (SSSR count). The van der Waals surface area contributed by atoms with Gasteiger partial charge in [-0.25, -0.2) is 4.79 Å². The maximum absolute atomic E-state index is 12.0. The number of methoxy groups -OCH3 is 1. The third kappa shape index (κ3) is 4.80. The fraction of sp³-hybridized carbons (Fsp3) is 0.571. The highest BCUT2D eigenvalue weighted by Gasteiger charge is 2.22. The van der Waals surface area contributed by atoms with Gasteiger partial charge in [0.2, 0.25) is 0 Å². The monoisotopic (exact) mass is 311 g/mol. The highest BCUT2D eigenvalue weighted by Crippen LogP contribution is 2.11. The van der Waals surface area contributed by atoms with Crippen LogP contribution in [0.25, 0.3) is 0 Å². The van der Waals surface area contributed by atoms with Gasteiger partial charge >= 0.3 is 6.03 Å². The molecule has 1 aliphatic heterocycles. The molecule has 7 heteroatoms. The van der Waals surface area contributed by atoms with Gasteiger partial charge in [-0.15, -0.1) is 11.3 Å². The highest BCUT2D eigenvalue weighted by atomic mass is 32.1. The minimum atomic E-state index is -0.0590. The van der Waals surface area contributed by atoms with Crippen LogP contribution in [-0.4, -0.2) is 74.6 Å². The molecule has 1 fully saturated rings. The molecule has 1 aliphatic rings. The number of ketones is 1. The van der Waals surface area contributed by atoms with Crippen LogP contribution in [0.3, 0.4) is 0 Å². The molecule has 1 aromatic heterocycles. The SMILES string of the molecule is COCCNC(=O)N1CCN(CC(=O)c2cccs2)CC1. The number of piperazine rings is 1. The molecule has 21 heavy (non-hydrogen) atoms. The fourth-order valence-corrected chi connectivity index (χ4v) is 2.86. The Kier molecular flexibility index (Phi) is 6.16. The number of Topliss-reactive ketones (excluding diaryl/α,β-unsaturated/α-hetero) is 1. The van der Waals surface area contributed by atoms with Crippen molar-refractivity contribution in [2.24, 2.45) is 0 Å². The largest absolute Gasteiger partial charge is 0.383 e. The summed E-state index contributed by atoms with van der Waals surface area (Å²) >= 11 is 1.47. The number of hydrogen-bond acceptors (Lipinski definition) is 5. The lowest BCUT2D eigenvalue weighted by molar-refractivity contribution is 0.0881. The summed E-state index contributed by atoms with van der Waals surface area (Å²) in [7, 11) is 1.61. The third-order valence-electron chi connectivity index (χ3n) is 3.41. The normalized spacial score (nSPS) is 16.0. The molecule has 0 saturated carbocycles. The van der Waals surface area contributed by atoms with E-state index < -0.39 is 0 Å². The number of carbonyl (C=O) groups is 2. The van der Waals surface area contributed by atoms with Crippen LogP contribution in [0.2, 0.25) is 0 Å². The molecule has 0 radical (unpaired) electrons. The van der Waals surface area contributed by atoms with E-state index >= 15 is 0 Å². The second-order valence-electron chi connectivity index (χ2n) is 4.89. The minimum absolute atomic E-state index is 0.0590. The van der Waals surface area contributed by atoms with E-state index in [0.717, 1.165) is 18.0 Å². The van der Waals surface area contributed by atoms with Gasteiger partial charge in [-0.1, -0.05) is 6.07 Å². The summed E-state index contributed by atoms with van der Waals surface area (Å²) in [6, 6.07) is 3.68. The first-order chi connectivity index (χ1) is 10.2. The van der Waals surface area contributed by atoms with Crippen LogP contribution in [0.5, 0.6) is 0 Å². The summed E-state index contributed by atoms with van der Waals surface area (Å²) < 4.78 is 4.90. The zero-order chi connectivity index (χ0) is 15.1. The van der Waals surface area contributed by atoms with Gasteiger partial charge in [0.15, 0.2) is 5.78 Å². The molecule has 0 bridgehead atoms. The number of urea groups is 1. The smallest absolute Gasteiger partial charge is 0.317 e. The van der Waals surface area contributed by atoms with E-state index in [1.807, 2.05) is 17.5 Å². The maximum Gasteiger partial charge on any atom is 0.317 e. The van der Waals surface area contributed by atoms with Crippen LogP contribution in [-0.2, 0) is 4.74 Å². The number of thiophene rings is 1. The van der Waals surface area contributed by atoms with E-state index in [9.17, 15) is 9.59 Å². The average Bonchev–Trinajstić information content (AvgIpc) is 3.02. The first-order valence-electron chi connectivity index (χ1n) is 7.01. The number of amides is 2. The van der Waals surface area contributed by atoms with E-state index in [1.54, 1.807) is 12.0 Å². The Morgan fingerprint density at radius 3 is 2.71 bits per heavy atom. The summed E-state index contributed by atoms with van der Waals surface area (Å²) in [5.74, 6) is 0.156. The molecule has 0 aliphatic carbocycles. The van der Waals surface area contributed by atoms with Crippen LogP contribution in [0.4, 0.5) is 4.79 Å². The molecule has 1 aromatic rings. The molecule has 1 N–H and O–H groups in total. The Morgan fingerprint density at radius 2 is 2.10 bits per heavy atom. The van der Waals surface area contributed by atoms with Crippen molar-refractivity contribution in [3.63, 3.8) is 0 Å². The number of nitrogens with one attached hydrogen (secondary N) is 1. The van der Waals surface area contributed by atoms with Crippen LogP contribution >= 0.6 is 11.3 Å². The molecule has 0 spiro atoms. The topological polar surface area (TPSA) is 61.9 Å². The number of nitrogens with zero attached hydrogens (tertiary/aromatic N) is 2. The Bertz CT molecular complexity index is 456. The van der Waals surface area contributed by atoms with E-state index in [2.05, 4.69) is 10.2 Å². The summed E-state index contributed by atoms with van der Waals surface area (Å²) in [5.41, 5.74) is 0. The van der Waals surface area contributed by atoms with Crippen molar-refractivity contribution in [3.05, 3.63) is 22.4 Å². The van der Waals surface area contributed by atoms with Crippen molar-refractivity contribution in [2.45, 2.75) is 0 Å². The highest BCUT2D eigenvalue weighted by molar-refractivity contribution is 7.12. The van der Waals surface area contributed by atoms with Crippen LogP contribution < -0.4 is 5.32 Å².